The van der Waals surface area contributed by atoms with Crippen LogP contribution < -0.4 is 4.74 Å². The predicted octanol–water partition coefficient (Wildman–Crippen LogP) is 4.23. The molecule has 5 atom stereocenters. The van der Waals surface area contributed by atoms with E-state index in [1.165, 1.54) is 18.5 Å². The Kier molecular flexibility index (Phi) is 5.46. The zero-order valence-corrected chi connectivity index (χ0v) is 17.9. The topological polar surface area (TPSA) is 80.8 Å². The minimum Gasteiger partial charge on any atom is -0.472 e. The lowest BCUT2D eigenvalue weighted by molar-refractivity contribution is -0.148. The lowest BCUT2D eigenvalue weighted by Gasteiger charge is -2.50. The molecule has 1 amide bonds. The number of dihydropyridines is 1. The Morgan fingerprint density at radius 3 is 2.76 bits per heavy atom. The third kappa shape index (κ3) is 4.26. The number of piperidine rings is 2. The number of allylic oxidation sites excluding steroid dienone is 1. The van der Waals surface area contributed by atoms with E-state index in [-0.39, 0.29) is 29.9 Å². The minimum atomic E-state index is -4.45. The molecule has 2 bridgehead atoms. The molecule has 4 aliphatic rings. The number of ether oxygens (including phenoxy) is 1. The molecule has 5 unspecified atom stereocenters. The van der Waals surface area contributed by atoms with Gasteiger partial charge >= 0.3 is 6.18 Å². The molecule has 0 radical (unpaired) electrons. The van der Waals surface area contributed by atoms with Crippen LogP contribution in [-0.2, 0) is 11.0 Å². The molecular weight excluding hydrogens is 437 g/mol. The molecular formula is C23H23F3N4O3. The summed E-state index contributed by atoms with van der Waals surface area (Å²) in [7, 11) is 0. The smallest absolute Gasteiger partial charge is 0.417 e. The van der Waals surface area contributed by atoms with E-state index in [4.69, 9.17) is 9.15 Å². The lowest BCUT2D eigenvalue weighted by Crippen LogP contribution is -2.60. The van der Waals surface area contributed by atoms with Crippen LogP contribution in [0.4, 0.5) is 13.2 Å². The SMILES string of the molecule is CC1=NC(c2ncco2)C(C(=O)N2CC3CCC2C(Oc2ccc(C(F)(F)F)cn2)C3)C=C1. The van der Waals surface area contributed by atoms with Crippen molar-refractivity contribution < 1.29 is 27.1 Å². The highest BCUT2D eigenvalue weighted by Crippen LogP contribution is 2.40. The third-order valence-electron chi connectivity index (χ3n) is 6.56. The highest BCUT2D eigenvalue weighted by atomic mass is 19.4. The molecule has 3 fully saturated rings. The number of pyridine rings is 1. The molecule has 3 aliphatic heterocycles. The van der Waals surface area contributed by atoms with Crippen LogP contribution in [0.1, 0.15) is 43.7 Å². The van der Waals surface area contributed by atoms with E-state index in [1.54, 1.807) is 0 Å². The first-order chi connectivity index (χ1) is 15.8. The second-order valence-electron chi connectivity index (χ2n) is 8.75. The summed E-state index contributed by atoms with van der Waals surface area (Å²) in [6.45, 7) is 2.48. The number of aromatic nitrogens is 2. The summed E-state index contributed by atoms with van der Waals surface area (Å²) in [5, 5.41) is 0. The van der Waals surface area contributed by atoms with Crippen molar-refractivity contribution in [2.75, 3.05) is 6.54 Å². The van der Waals surface area contributed by atoms with Gasteiger partial charge < -0.3 is 14.1 Å². The Labute approximate surface area is 188 Å². The lowest BCUT2D eigenvalue weighted by atomic mass is 9.77. The van der Waals surface area contributed by atoms with E-state index >= 15 is 0 Å². The molecule has 1 saturated carbocycles. The van der Waals surface area contributed by atoms with Gasteiger partial charge in [0.15, 0.2) is 0 Å². The number of fused-ring (bicyclic) bond motifs is 3. The number of amides is 1. The van der Waals surface area contributed by atoms with Gasteiger partial charge in [-0.15, -0.1) is 0 Å². The monoisotopic (exact) mass is 460 g/mol. The van der Waals surface area contributed by atoms with E-state index < -0.39 is 23.7 Å². The first-order valence-corrected chi connectivity index (χ1v) is 10.9. The third-order valence-corrected chi connectivity index (χ3v) is 6.56. The van der Waals surface area contributed by atoms with Crippen molar-refractivity contribution >= 4 is 11.6 Å². The molecule has 33 heavy (non-hydrogen) atoms. The number of hydrogen-bond acceptors (Lipinski definition) is 6. The quantitative estimate of drug-likeness (QED) is 0.682. The number of rotatable bonds is 4. The van der Waals surface area contributed by atoms with Gasteiger partial charge in [0.05, 0.1) is 23.7 Å². The van der Waals surface area contributed by atoms with Crippen LogP contribution in [0.2, 0.25) is 0 Å². The molecule has 2 aromatic heterocycles. The average molecular weight is 460 g/mol. The molecule has 6 rings (SSSR count). The Morgan fingerprint density at radius 1 is 1.24 bits per heavy atom. The summed E-state index contributed by atoms with van der Waals surface area (Å²) < 4.78 is 49.9. The number of halogens is 3. The molecule has 0 aromatic carbocycles. The molecule has 7 nitrogen and oxygen atoms in total. The molecule has 2 aromatic rings. The average Bonchev–Trinajstić information content (AvgIpc) is 3.33. The number of alkyl halides is 3. The summed E-state index contributed by atoms with van der Waals surface area (Å²) >= 11 is 0. The van der Waals surface area contributed by atoms with Gasteiger partial charge in [0.2, 0.25) is 17.7 Å². The van der Waals surface area contributed by atoms with Gasteiger partial charge in [0.25, 0.3) is 0 Å². The first-order valence-electron chi connectivity index (χ1n) is 10.9. The molecule has 10 heteroatoms. The number of aliphatic imine (C=N–C) groups is 1. The van der Waals surface area contributed by atoms with Crippen molar-refractivity contribution in [2.45, 2.75) is 50.6 Å². The van der Waals surface area contributed by atoms with Crippen molar-refractivity contribution in [2.24, 2.45) is 16.8 Å². The second-order valence-corrected chi connectivity index (χ2v) is 8.75. The van der Waals surface area contributed by atoms with Crippen molar-refractivity contribution in [3.63, 3.8) is 0 Å². The van der Waals surface area contributed by atoms with E-state index in [2.05, 4.69) is 15.0 Å². The summed E-state index contributed by atoms with van der Waals surface area (Å²) in [6.07, 6.45) is 5.13. The van der Waals surface area contributed by atoms with Gasteiger partial charge in [0.1, 0.15) is 18.4 Å². The molecule has 5 heterocycles. The fourth-order valence-corrected chi connectivity index (χ4v) is 4.97. The number of hydrogen-bond donors (Lipinski definition) is 0. The molecule has 1 aliphatic carbocycles. The van der Waals surface area contributed by atoms with Crippen molar-refractivity contribution in [1.82, 2.24) is 14.9 Å². The normalized spacial score (nSPS) is 29.2. The van der Waals surface area contributed by atoms with Crippen LogP contribution >= 0.6 is 0 Å². The number of nitrogens with zero attached hydrogens (tertiary/aromatic N) is 4. The Balaban J connectivity index is 1.34. The van der Waals surface area contributed by atoms with Crippen LogP contribution in [-0.4, -0.2) is 45.2 Å². The van der Waals surface area contributed by atoms with Gasteiger partial charge in [-0.05, 0) is 44.2 Å². The zero-order chi connectivity index (χ0) is 23.2. The van der Waals surface area contributed by atoms with Gasteiger partial charge in [-0.3, -0.25) is 9.79 Å². The van der Waals surface area contributed by atoms with Crippen LogP contribution in [0.3, 0.4) is 0 Å². The van der Waals surface area contributed by atoms with E-state index in [1.807, 2.05) is 24.0 Å². The van der Waals surface area contributed by atoms with Crippen LogP contribution in [0.5, 0.6) is 5.88 Å². The van der Waals surface area contributed by atoms with Gasteiger partial charge in [-0.1, -0.05) is 6.08 Å². The van der Waals surface area contributed by atoms with Crippen molar-refractivity contribution in [3.8, 4) is 5.88 Å². The van der Waals surface area contributed by atoms with Crippen LogP contribution in [0.15, 0.2) is 52.4 Å². The van der Waals surface area contributed by atoms with E-state index in [0.717, 1.165) is 37.2 Å². The summed E-state index contributed by atoms with van der Waals surface area (Å²) in [5.74, 6) is 0.159. The first kappa shape index (κ1) is 21.7. The zero-order valence-electron chi connectivity index (χ0n) is 17.9. The Hall–Kier alpha value is -3.17. The Bertz CT molecular complexity index is 1070. The summed E-state index contributed by atoms with van der Waals surface area (Å²) in [4.78, 5) is 28.1. The van der Waals surface area contributed by atoms with E-state index in [9.17, 15) is 18.0 Å². The van der Waals surface area contributed by atoms with Gasteiger partial charge in [0, 0.05) is 24.5 Å². The highest BCUT2D eigenvalue weighted by Gasteiger charge is 2.47. The summed E-state index contributed by atoms with van der Waals surface area (Å²) in [5.41, 5.74) is -0.0358. The molecule has 174 valence electrons. The number of carbonyl (C=O) groups excluding carboxylic acids is 1. The molecule has 0 N–H and O–H groups in total. The molecule has 2 saturated heterocycles. The maximum atomic E-state index is 13.6. The predicted molar refractivity (Wildman–Crippen MR) is 111 cm³/mol. The Morgan fingerprint density at radius 2 is 2.09 bits per heavy atom. The largest absolute Gasteiger partial charge is 0.472 e. The van der Waals surface area contributed by atoms with Crippen LogP contribution in [0, 0.1) is 11.8 Å². The fourth-order valence-electron chi connectivity index (χ4n) is 4.97. The number of carbonyl (C=O) groups is 1. The van der Waals surface area contributed by atoms with Gasteiger partial charge in [-0.2, -0.15) is 13.2 Å². The standard InChI is InChI=1S/C23H23F3N4O3/c1-13-2-5-16(20(29-13)21-27-8-9-32-21)22(31)30-12-14-3-6-17(30)18(10-14)33-19-7-4-15(11-28-19)23(24,25)26/h2,4-5,7-9,11,14,16-18,20H,3,6,10,12H2,1H3. The minimum absolute atomic E-state index is 0.0749. The fraction of sp³-hybridized carbons (Fsp3) is 0.478. The van der Waals surface area contributed by atoms with Gasteiger partial charge in [-0.25, -0.2) is 9.97 Å². The number of oxazole rings is 1. The summed E-state index contributed by atoms with van der Waals surface area (Å²) in [6, 6.07) is 1.48. The van der Waals surface area contributed by atoms with Crippen molar-refractivity contribution in [3.05, 3.63) is 54.4 Å². The second kappa shape index (κ2) is 8.31. The van der Waals surface area contributed by atoms with E-state index in [0.29, 0.717) is 12.4 Å². The highest BCUT2D eigenvalue weighted by molar-refractivity contribution is 5.96. The van der Waals surface area contributed by atoms with Crippen LogP contribution in [0.25, 0.3) is 0 Å². The van der Waals surface area contributed by atoms with Crippen molar-refractivity contribution in [1.29, 1.82) is 0 Å². The molecule has 0 spiro atoms. The maximum absolute atomic E-state index is 13.6. The maximum Gasteiger partial charge on any atom is 0.417 e.